The summed E-state index contributed by atoms with van der Waals surface area (Å²) in [5.41, 5.74) is 0.876. The average Bonchev–Trinajstić information content (AvgIpc) is 3.13. The minimum atomic E-state index is -1.03. The van der Waals surface area contributed by atoms with Crippen LogP contribution in [0.1, 0.15) is 72.1 Å². The fraction of sp³-hybridized carbons (Fsp3) is 0.538. The van der Waals surface area contributed by atoms with E-state index in [2.05, 4.69) is 10.6 Å². The first-order valence-corrected chi connectivity index (χ1v) is 12.7. The van der Waals surface area contributed by atoms with E-state index in [1.54, 1.807) is 11.0 Å². The van der Waals surface area contributed by atoms with Gasteiger partial charge in [0, 0.05) is 31.1 Å². The van der Waals surface area contributed by atoms with Crippen molar-refractivity contribution >= 4 is 41.3 Å². The van der Waals surface area contributed by atoms with E-state index in [-0.39, 0.29) is 47.3 Å². The highest BCUT2D eigenvalue weighted by Gasteiger charge is 2.45. The summed E-state index contributed by atoms with van der Waals surface area (Å²) in [5.74, 6) is -2.56. The topological polar surface area (TPSA) is 142 Å². The van der Waals surface area contributed by atoms with E-state index in [0.29, 0.717) is 18.8 Å². The SMILES string of the molecule is COC(=O)N1CCC2(CCC(C(=O)Nc3ccc4c(c3)C(=O)N(C3CCC(=O)NC3=O)C4=O)CC2)CC1. The van der Waals surface area contributed by atoms with Crippen molar-refractivity contribution in [3.05, 3.63) is 29.3 Å². The maximum Gasteiger partial charge on any atom is 0.409 e. The van der Waals surface area contributed by atoms with Gasteiger partial charge in [0.05, 0.1) is 18.2 Å². The van der Waals surface area contributed by atoms with Gasteiger partial charge in [0.1, 0.15) is 6.04 Å². The van der Waals surface area contributed by atoms with Crippen LogP contribution >= 0.6 is 0 Å². The third-order valence-corrected chi connectivity index (χ3v) is 8.38. The highest BCUT2D eigenvalue weighted by molar-refractivity contribution is 6.24. The van der Waals surface area contributed by atoms with E-state index in [1.165, 1.54) is 19.2 Å². The van der Waals surface area contributed by atoms with Crippen LogP contribution < -0.4 is 10.6 Å². The van der Waals surface area contributed by atoms with Gasteiger partial charge in [-0.25, -0.2) is 4.79 Å². The predicted octanol–water partition coefficient (Wildman–Crippen LogP) is 2.07. The Bertz CT molecular complexity index is 1180. The van der Waals surface area contributed by atoms with Gasteiger partial charge in [0.15, 0.2) is 0 Å². The number of hydrogen-bond acceptors (Lipinski definition) is 7. The highest BCUT2D eigenvalue weighted by Crippen LogP contribution is 2.46. The molecule has 1 saturated carbocycles. The van der Waals surface area contributed by atoms with Crippen LogP contribution in [0.4, 0.5) is 10.5 Å². The molecular formula is C26H30N4O7. The van der Waals surface area contributed by atoms with Gasteiger partial charge in [-0.1, -0.05) is 0 Å². The van der Waals surface area contributed by atoms with Gasteiger partial charge in [-0.15, -0.1) is 0 Å². The van der Waals surface area contributed by atoms with Crippen LogP contribution in [0.25, 0.3) is 0 Å². The zero-order valence-electron chi connectivity index (χ0n) is 20.7. The van der Waals surface area contributed by atoms with Gasteiger partial charge in [-0.05, 0) is 68.6 Å². The zero-order valence-corrected chi connectivity index (χ0v) is 20.7. The molecule has 5 rings (SSSR count). The number of fused-ring (bicyclic) bond motifs is 1. The summed E-state index contributed by atoms with van der Waals surface area (Å²) in [5, 5.41) is 5.07. The maximum atomic E-state index is 13.0. The van der Waals surface area contributed by atoms with E-state index < -0.39 is 29.7 Å². The van der Waals surface area contributed by atoms with Crippen molar-refractivity contribution < 1.29 is 33.5 Å². The molecule has 3 aliphatic heterocycles. The molecule has 37 heavy (non-hydrogen) atoms. The molecule has 2 N–H and O–H groups in total. The number of hydrogen-bond donors (Lipinski definition) is 2. The first kappa shape index (κ1) is 24.9. The Hall–Kier alpha value is -3.76. The summed E-state index contributed by atoms with van der Waals surface area (Å²) >= 11 is 0. The lowest BCUT2D eigenvalue weighted by Gasteiger charge is -2.45. The molecule has 2 saturated heterocycles. The first-order valence-electron chi connectivity index (χ1n) is 12.7. The van der Waals surface area contributed by atoms with Crippen LogP contribution in [0.15, 0.2) is 18.2 Å². The third kappa shape index (κ3) is 4.58. The van der Waals surface area contributed by atoms with Crippen LogP contribution in [0, 0.1) is 11.3 Å². The Kier molecular flexibility index (Phi) is 6.47. The Morgan fingerprint density at radius 3 is 2.30 bits per heavy atom. The second-order valence-corrected chi connectivity index (χ2v) is 10.4. The predicted molar refractivity (Wildman–Crippen MR) is 129 cm³/mol. The van der Waals surface area contributed by atoms with Crippen molar-refractivity contribution in [2.24, 2.45) is 11.3 Å². The van der Waals surface area contributed by atoms with E-state index >= 15 is 0 Å². The number of imide groups is 2. The summed E-state index contributed by atoms with van der Waals surface area (Å²) in [4.78, 5) is 77.0. The van der Waals surface area contributed by atoms with Gasteiger partial charge in [0.25, 0.3) is 11.8 Å². The van der Waals surface area contributed by atoms with Gasteiger partial charge in [0.2, 0.25) is 17.7 Å². The molecule has 6 amide bonds. The Balaban J connectivity index is 1.19. The van der Waals surface area contributed by atoms with Crippen molar-refractivity contribution in [3.63, 3.8) is 0 Å². The second-order valence-electron chi connectivity index (χ2n) is 10.4. The average molecular weight is 511 g/mol. The van der Waals surface area contributed by atoms with Crippen molar-refractivity contribution in [3.8, 4) is 0 Å². The number of nitrogens with zero attached hydrogens (tertiary/aromatic N) is 2. The number of amides is 6. The third-order valence-electron chi connectivity index (χ3n) is 8.38. The molecule has 196 valence electrons. The lowest BCUT2D eigenvalue weighted by molar-refractivity contribution is -0.136. The molecule has 1 spiro atoms. The van der Waals surface area contributed by atoms with Crippen molar-refractivity contribution in [2.75, 3.05) is 25.5 Å². The number of piperidine rings is 2. The van der Waals surface area contributed by atoms with Crippen LogP contribution in [-0.4, -0.2) is 71.7 Å². The van der Waals surface area contributed by atoms with E-state index in [9.17, 15) is 28.8 Å². The fourth-order valence-corrected chi connectivity index (χ4v) is 6.08. The lowest BCUT2D eigenvalue weighted by atomic mass is 9.65. The molecular weight excluding hydrogens is 480 g/mol. The second kappa shape index (κ2) is 9.60. The zero-order chi connectivity index (χ0) is 26.3. The number of ether oxygens (including phenoxy) is 1. The quantitative estimate of drug-likeness (QED) is 0.593. The monoisotopic (exact) mass is 510 g/mol. The van der Waals surface area contributed by atoms with Gasteiger partial charge in [-0.3, -0.25) is 34.2 Å². The Morgan fingerprint density at radius 1 is 0.973 bits per heavy atom. The van der Waals surface area contributed by atoms with Gasteiger partial charge < -0.3 is 15.0 Å². The minimum absolute atomic E-state index is 0.0529. The van der Waals surface area contributed by atoms with Crippen molar-refractivity contribution in [2.45, 2.75) is 57.4 Å². The van der Waals surface area contributed by atoms with Crippen LogP contribution in [0.3, 0.4) is 0 Å². The molecule has 0 aromatic heterocycles. The molecule has 0 bridgehead atoms. The number of carbonyl (C=O) groups is 6. The number of rotatable bonds is 3. The summed E-state index contributed by atoms with van der Waals surface area (Å²) in [7, 11) is 1.39. The molecule has 4 aliphatic rings. The van der Waals surface area contributed by atoms with E-state index in [4.69, 9.17) is 4.74 Å². The number of carbonyl (C=O) groups excluding carboxylic acids is 6. The molecule has 3 fully saturated rings. The number of benzene rings is 1. The largest absolute Gasteiger partial charge is 0.453 e. The summed E-state index contributed by atoms with van der Waals surface area (Å²) < 4.78 is 4.82. The minimum Gasteiger partial charge on any atom is -0.453 e. The Morgan fingerprint density at radius 2 is 1.65 bits per heavy atom. The van der Waals surface area contributed by atoms with E-state index in [0.717, 1.165) is 43.4 Å². The number of anilines is 1. The molecule has 1 aromatic rings. The molecule has 3 heterocycles. The summed E-state index contributed by atoms with van der Waals surface area (Å²) in [6.07, 6.45) is 4.97. The molecule has 1 atom stereocenters. The van der Waals surface area contributed by atoms with Crippen LogP contribution in [0.2, 0.25) is 0 Å². The van der Waals surface area contributed by atoms with Crippen LogP contribution in [0.5, 0.6) is 0 Å². The van der Waals surface area contributed by atoms with Crippen molar-refractivity contribution in [1.82, 2.24) is 15.1 Å². The lowest BCUT2D eigenvalue weighted by Crippen LogP contribution is -2.54. The molecule has 1 unspecified atom stereocenters. The smallest absolute Gasteiger partial charge is 0.409 e. The van der Waals surface area contributed by atoms with Crippen LogP contribution in [-0.2, 0) is 19.1 Å². The van der Waals surface area contributed by atoms with Crippen molar-refractivity contribution in [1.29, 1.82) is 0 Å². The molecule has 1 aromatic carbocycles. The first-order chi connectivity index (χ1) is 17.7. The summed E-state index contributed by atoms with van der Waals surface area (Å²) in [6.45, 7) is 1.34. The number of likely N-dealkylation sites (tertiary alicyclic amines) is 1. The highest BCUT2D eigenvalue weighted by atomic mass is 16.5. The molecule has 11 nitrogen and oxygen atoms in total. The normalized spacial score (nSPS) is 23.6. The molecule has 11 heteroatoms. The Labute approximate surface area is 213 Å². The fourth-order valence-electron chi connectivity index (χ4n) is 6.08. The molecule has 0 radical (unpaired) electrons. The number of nitrogens with one attached hydrogen (secondary N) is 2. The summed E-state index contributed by atoms with van der Waals surface area (Å²) in [6, 6.07) is 3.52. The standard InChI is InChI=1S/C26H30N4O7/c1-37-25(36)29-12-10-26(11-13-29)8-6-15(7-9-26)21(32)27-16-2-3-17-18(14-16)24(35)30(23(17)34)19-4-5-20(31)28-22(19)33/h2-3,14-15,19H,4-13H2,1H3,(H,27,32)(H,28,31,33). The maximum absolute atomic E-state index is 13.0. The van der Waals surface area contributed by atoms with E-state index in [1.807, 2.05) is 0 Å². The van der Waals surface area contributed by atoms with Gasteiger partial charge >= 0.3 is 6.09 Å². The molecule has 1 aliphatic carbocycles. The van der Waals surface area contributed by atoms with Gasteiger partial charge in [-0.2, -0.15) is 0 Å². The number of methoxy groups -OCH3 is 1.